The van der Waals surface area contributed by atoms with Crippen LogP contribution in [0.25, 0.3) is 0 Å². The molecule has 128 valence electrons. The molecular weight excluding hydrogens is 308 g/mol. The summed E-state index contributed by atoms with van der Waals surface area (Å²) in [6.45, 7) is 7.51. The Morgan fingerprint density at radius 1 is 1.50 bits per heavy atom. The number of nitrogens with one attached hydrogen (secondary N) is 2. The monoisotopic (exact) mass is 330 g/mol. The molecule has 2 aromatic rings. The van der Waals surface area contributed by atoms with Crippen LogP contribution in [0.4, 0.5) is 5.82 Å². The zero-order valence-electron chi connectivity index (χ0n) is 14.1. The van der Waals surface area contributed by atoms with Crippen molar-refractivity contribution in [3.8, 4) is 0 Å². The van der Waals surface area contributed by atoms with Crippen LogP contribution in [0.3, 0.4) is 0 Å². The third-order valence-corrected chi connectivity index (χ3v) is 4.09. The summed E-state index contributed by atoms with van der Waals surface area (Å²) in [5.41, 5.74) is 1.05. The van der Waals surface area contributed by atoms with Crippen molar-refractivity contribution in [2.75, 3.05) is 25.0 Å². The molecule has 1 saturated heterocycles. The van der Waals surface area contributed by atoms with E-state index in [0.717, 1.165) is 11.4 Å². The maximum Gasteiger partial charge on any atom is 0.242 e. The Morgan fingerprint density at radius 2 is 2.33 bits per heavy atom. The van der Waals surface area contributed by atoms with Crippen molar-refractivity contribution < 1.29 is 9.53 Å². The van der Waals surface area contributed by atoms with E-state index in [-0.39, 0.29) is 18.1 Å². The van der Waals surface area contributed by atoms with Crippen molar-refractivity contribution in [2.24, 2.45) is 0 Å². The van der Waals surface area contributed by atoms with Crippen molar-refractivity contribution in [2.45, 2.75) is 32.9 Å². The first-order valence-corrected chi connectivity index (χ1v) is 8.01. The minimum Gasteiger partial charge on any atom is -0.367 e. The lowest BCUT2D eigenvalue weighted by atomic mass is 10.2. The van der Waals surface area contributed by atoms with E-state index in [1.54, 1.807) is 6.20 Å². The van der Waals surface area contributed by atoms with Crippen LogP contribution in [0, 0.1) is 13.8 Å². The van der Waals surface area contributed by atoms with E-state index >= 15 is 0 Å². The third kappa shape index (κ3) is 3.77. The molecule has 0 radical (unpaired) electrons. The highest BCUT2D eigenvalue weighted by molar-refractivity contribution is 5.93. The Labute approximate surface area is 140 Å². The van der Waals surface area contributed by atoms with Gasteiger partial charge >= 0.3 is 0 Å². The maximum absolute atomic E-state index is 12.5. The summed E-state index contributed by atoms with van der Waals surface area (Å²) in [5.74, 6) is 1.87. The molecule has 0 spiro atoms. The first-order valence-electron chi connectivity index (χ1n) is 8.01. The molecule has 0 saturated carbocycles. The van der Waals surface area contributed by atoms with Gasteiger partial charge in [-0.1, -0.05) is 0 Å². The summed E-state index contributed by atoms with van der Waals surface area (Å²) in [7, 11) is 0. The first-order chi connectivity index (χ1) is 11.5. The minimum atomic E-state index is -0.293. The smallest absolute Gasteiger partial charge is 0.242 e. The summed E-state index contributed by atoms with van der Waals surface area (Å²) in [6.07, 6.45) is 1.46. The molecule has 3 rings (SSSR count). The Morgan fingerprint density at radius 3 is 3.04 bits per heavy atom. The predicted molar refractivity (Wildman–Crippen MR) is 88.5 cm³/mol. The largest absolute Gasteiger partial charge is 0.367 e. The highest BCUT2D eigenvalue weighted by Gasteiger charge is 2.30. The number of carbonyl (C=O) groups excluding carboxylic acids is 1. The molecule has 2 N–H and O–H groups in total. The van der Waals surface area contributed by atoms with Gasteiger partial charge in [0.25, 0.3) is 0 Å². The molecule has 8 nitrogen and oxygen atoms in total. The molecular formula is C16H22N6O2. The van der Waals surface area contributed by atoms with E-state index < -0.39 is 0 Å². The van der Waals surface area contributed by atoms with Crippen molar-refractivity contribution >= 4 is 11.7 Å². The number of rotatable bonds is 4. The van der Waals surface area contributed by atoms with E-state index in [0.29, 0.717) is 31.3 Å². The maximum atomic E-state index is 12.5. The van der Waals surface area contributed by atoms with Gasteiger partial charge in [0.15, 0.2) is 5.82 Å². The molecule has 1 amide bonds. The number of aromatic amines is 1. The Balaban J connectivity index is 1.63. The van der Waals surface area contributed by atoms with Crippen LogP contribution in [-0.2, 0) is 9.53 Å². The molecule has 1 aliphatic rings. The number of aromatic nitrogens is 4. The molecule has 1 fully saturated rings. The van der Waals surface area contributed by atoms with Gasteiger partial charge in [0.05, 0.1) is 12.6 Å². The second-order valence-corrected chi connectivity index (χ2v) is 6.02. The van der Waals surface area contributed by atoms with Crippen molar-refractivity contribution in [1.82, 2.24) is 25.1 Å². The SMILES string of the molecule is Cc1ccnc(NC(=O)C(C)N2CCOC(c3n[nH]c(C)n3)C2)c1. The number of hydrogen-bond donors (Lipinski definition) is 2. The molecule has 0 aliphatic carbocycles. The topological polar surface area (TPSA) is 96.0 Å². The lowest BCUT2D eigenvalue weighted by molar-refractivity contribution is -0.124. The van der Waals surface area contributed by atoms with Crippen LogP contribution >= 0.6 is 0 Å². The number of aryl methyl sites for hydroxylation is 2. The number of ether oxygens (including phenoxy) is 1. The first kappa shape index (κ1) is 16.5. The average molecular weight is 330 g/mol. The fourth-order valence-corrected chi connectivity index (χ4v) is 2.68. The van der Waals surface area contributed by atoms with Gasteiger partial charge in [-0.05, 0) is 38.5 Å². The Bertz CT molecular complexity index is 716. The number of nitrogens with zero attached hydrogens (tertiary/aromatic N) is 4. The lowest BCUT2D eigenvalue weighted by Gasteiger charge is -2.35. The Hall–Kier alpha value is -2.32. The van der Waals surface area contributed by atoms with Crippen molar-refractivity contribution in [3.05, 3.63) is 35.5 Å². The fraction of sp³-hybridized carbons (Fsp3) is 0.500. The van der Waals surface area contributed by atoms with E-state index in [1.165, 1.54) is 0 Å². The molecule has 3 heterocycles. The van der Waals surface area contributed by atoms with Gasteiger partial charge in [-0.25, -0.2) is 9.97 Å². The molecule has 1 aliphatic heterocycles. The van der Waals surface area contributed by atoms with E-state index in [1.807, 2.05) is 32.9 Å². The molecule has 2 atom stereocenters. The summed E-state index contributed by atoms with van der Waals surface area (Å²) < 4.78 is 5.74. The average Bonchev–Trinajstić information content (AvgIpc) is 3.01. The highest BCUT2D eigenvalue weighted by Crippen LogP contribution is 2.21. The van der Waals surface area contributed by atoms with Gasteiger partial charge in [0.2, 0.25) is 5.91 Å². The van der Waals surface area contributed by atoms with Crippen LogP contribution in [0.5, 0.6) is 0 Å². The van der Waals surface area contributed by atoms with Crippen LogP contribution in [0.15, 0.2) is 18.3 Å². The number of pyridine rings is 1. The Kier molecular flexibility index (Phi) is 4.86. The van der Waals surface area contributed by atoms with Crippen molar-refractivity contribution in [3.63, 3.8) is 0 Å². The van der Waals surface area contributed by atoms with Gasteiger partial charge in [-0.15, -0.1) is 0 Å². The number of carbonyl (C=O) groups is 1. The van der Waals surface area contributed by atoms with Crippen LogP contribution in [-0.4, -0.2) is 56.7 Å². The normalized spacial score (nSPS) is 19.9. The molecule has 0 aromatic carbocycles. The molecule has 8 heteroatoms. The number of anilines is 1. The number of morpholine rings is 1. The number of H-pyrrole nitrogens is 1. The molecule has 0 bridgehead atoms. The second-order valence-electron chi connectivity index (χ2n) is 6.02. The summed E-state index contributed by atoms with van der Waals surface area (Å²) in [6, 6.07) is 3.45. The zero-order valence-corrected chi connectivity index (χ0v) is 14.1. The molecule has 2 unspecified atom stereocenters. The zero-order chi connectivity index (χ0) is 17.1. The summed E-state index contributed by atoms with van der Waals surface area (Å²) >= 11 is 0. The van der Waals surface area contributed by atoms with Crippen molar-refractivity contribution in [1.29, 1.82) is 0 Å². The highest BCUT2D eigenvalue weighted by atomic mass is 16.5. The minimum absolute atomic E-state index is 0.0834. The number of hydrogen-bond acceptors (Lipinski definition) is 6. The standard InChI is InChI=1S/C16H22N6O2/c1-10-4-5-17-14(8-10)19-16(23)11(2)22-6-7-24-13(9-22)15-18-12(3)20-21-15/h4-5,8,11,13H,6-7,9H2,1-3H3,(H,17,19,23)(H,18,20,21). The molecule has 24 heavy (non-hydrogen) atoms. The van der Waals surface area contributed by atoms with Gasteiger partial charge in [-0.3, -0.25) is 14.8 Å². The van der Waals surface area contributed by atoms with E-state index in [2.05, 4.69) is 30.4 Å². The van der Waals surface area contributed by atoms with Gasteiger partial charge in [0.1, 0.15) is 17.7 Å². The third-order valence-electron chi connectivity index (χ3n) is 4.09. The van der Waals surface area contributed by atoms with Gasteiger partial charge in [0, 0.05) is 19.3 Å². The second kappa shape index (κ2) is 7.06. The van der Waals surface area contributed by atoms with E-state index in [4.69, 9.17) is 4.74 Å². The predicted octanol–water partition coefficient (Wildman–Crippen LogP) is 1.22. The molecule has 2 aromatic heterocycles. The van der Waals surface area contributed by atoms with E-state index in [9.17, 15) is 4.79 Å². The summed E-state index contributed by atoms with van der Waals surface area (Å²) in [5, 5.41) is 9.85. The van der Waals surface area contributed by atoms with Crippen LogP contribution in [0.1, 0.15) is 30.2 Å². The van der Waals surface area contributed by atoms with Gasteiger partial charge < -0.3 is 10.1 Å². The quantitative estimate of drug-likeness (QED) is 0.875. The summed E-state index contributed by atoms with van der Waals surface area (Å²) in [4.78, 5) is 23.1. The van der Waals surface area contributed by atoms with Crippen LogP contribution in [0.2, 0.25) is 0 Å². The fourth-order valence-electron chi connectivity index (χ4n) is 2.68. The lowest BCUT2D eigenvalue weighted by Crippen LogP contribution is -2.48. The van der Waals surface area contributed by atoms with Crippen LogP contribution < -0.4 is 5.32 Å². The number of amides is 1. The van der Waals surface area contributed by atoms with Gasteiger partial charge in [-0.2, -0.15) is 5.10 Å².